The number of anilines is 1. The van der Waals surface area contributed by atoms with Gasteiger partial charge in [0.2, 0.25) is 0 Å². The molecule has 1 N–H and O–H groups in total. The topological polar surface area (TPSA) is 43.8 Å². The minimum atomic E-state index is -0.225. The summed E-state index contributed by atoms with van der Waals surface area (Å²) in [6.07, 6.45) is 1.81. The van der Waals surface area contributed by atoms with Crippen molar-refractivity contribution in [3.05, 3.63) is 58.4 Å². The molecule has 0 amide bonds. The van der Waals surface area contributed by atoms with Crippen LogP contribution >= 0.6 is 15.9 Å². The minimum Gasteiger partial charge on any atom is -0.353 e. The van der Waals surface area contributed by atoms with Gasteiger partial charge in [-0.25, -0.2) is 9.37 Å². The molecule has 1 aromatic heterocycles. The molecule has 0 atom stereocenters. The van der Waals surface area contributed by atoms with Crippen LogP contribution in [0.4, 0.5) is 10.2 Å². The third-order valence-electron chi connectivity index (χ3n) is 4.22. The van der Waals surface area contributed by atoms with Crippen molar-refractivity contribution in [2.75, 3.05) is 38.1 Å². The van der Waals surface area contributed by atoms with E-state index in [1.807, 2.05) is 30.5 Å². The summed E-state index contributed by atoms with van der Waals surface area (Å²) in [5.74, 6) is 1.57. The van der Waals surface area contributed by atoms with E-state index in [1.54, 1.807) is 13.1 Å². The van der Waals surface area contributed by atoms with Gasteiger partial charge in [-0.15, -0.1) is 0 Å². The quantitative estimate of drug-likeness (QED) is 0.629. The lowest BCUT2D eigenvalue weighted by atomic mass is 10.2. The van der Waals surface area contributed by atoms with Gasteiger partial charge in [-0.05, 0) is 24.3 Å². The lowest BCUT2D eigenvalue weighted by molar-refractivity contribution is 0.371. The Labute approximate surface area is 155 Å². The summed E-state index contributed by atoms with van der Waals surface area (Å²) in [4.78, 5) is 13.2. The second kappa shape index (κ2) is 8.29. The number of hydrogen-bond acceptors (Lipinski definition) is 3. The zero-order valence-electron chi connectivity index (χ0n) is 14.1. The van der Waals surface area contributed by atoms with E-state index < -0.39 is 0 Å². The summed E-state index contributed by atoms with van der Waals surface area (Å²) in [6, 6.07) is 11.0. The van der Waals surface area contributed by atoms with Crippen LogP contribution in [0.3, 0.4) is 0 Å². The largest absolute Gasteiger partial charge is 0.353 e. The molecular formula is C18H21BrFN5. The molecule has 1 aromatic carbocycles. The van der Waals surface area contributed by atoms with Crippen molar-refractivity contribution in [1.82, 2.24) is 15.2 Å². The van der Waals surface area contributed by atoms with Gasteiger partial charge in [0.25, 0.3) is 0 Å². The van der Waals surface area contributed by atoms with E-state index in [4.69, 9.17) is 0 Å². The fraction of sp³-hybridized carbons (Fsp3) is 0.333. The summed E-state index contributed by atoms with van der Waals surface area (Å²) in [5, 5.41) is 3.26. The minimum absolute atomic E-state index is 0.225. The van der Waals surface area contributed by atoms with Crippen molar-refractivity contribution >= 4 is 27.7 Å². The number of rotatable bonds is 3. The van der Waals surface area contributed by atoms with Crippen LogP contribution in [-0.2, 0) is 6.54 Å². The van der Waals surface area contributed by atoms with Gasteiger partial charge in [-0.2, -0.15) is 0 Å². The number of benzene rings is 1. The molecule has 25 heavy (non-hydrogen) atoms. The molecule has 0 aliphatic carbocycles. The third-order valence-corrected chi connectivity index (χ3v) is 4.71. The van der Waals surface area contributed by atoms with Crippen LogP contribution in [0, 0.1) is 5.82 Å². The highest BCUT2D eigenvalue weighted by Gasteiger charge is 2.20. The van der Waals surface area contributed by atoms with Crippen LogP contribution < -0.4 is 10.2 Å². The molecule has 1 saturated heterocycles. The predicted molar refractivity (Wildman–Crippen MR) is 102 cm³/mol. The first-order valence-electron chi connectivity index (χ1n) is 8.23. The summed E-state index contributed by atoms with van der Waals surface area (Å²) in [6.45, 7) is 3.86. The predicted octanol–water partition coefficient (Wildman–Crippen LogP) is 2.88. The fourth-order valence-corrected chi connectivity index (χ4v) is 3.19. The molecule has 0 bridgehead atoms. The van der Waals surface area contributed by atoms with Crippen LogP contribution in [-0.4, -0.2) is 49.1 Å². The van der Waals surface area contributed by atoms with Crippen LogP contribution in [0.2, 0.25) is 0 Å². The van der Waals surface area contributed by atoms with E-state index in [1.165, 1.54) is 6.07 Å². The van der Waals surface area contributed by atoms with E-state index in [2.05, 4.69) is 41.0 Å². The van der Waals surface area contributed by atoms with Crippen molar-refractivity contribution in [3.63, 3.8) is 0 Å². The maximum absolute atomic E-state index is 13.9. The number of piperazine rings is 1. The average molecular weight is 406 g/mol. The molecule has 2 heterocycles. The molecule has 1 aliphatic rings. The van der Waals surface area contributed by atoms with Gasteiger partial charge in [-0.3, -0.25) is 4.99 Å². The van der Waals surface area contributed by atoms with Crippen LogP contribution in [0.1, 0.15) is 5.56 Å². The molecule has 0 saturated carbocycles. The Hall–Kier alpha value is -2.15. The molecule has 1 fully saturated rings. The molecule has 0 spiro atoms. The van der Waals surface area contributed by atoms with E-state index in [-0.39, 0.29) is 5.82 Å². The van der Waals surface area contributed by atoms with Gasteiger partial charge < -0.3 is 15.1 Å². The van der Waals surface area contributed by atoms with Gasteiger partial charge in [-0.1, -0.05) is 28.1 Å². The van der Waals surface area contributed by atoms with Gasteiger partial charge >= 0.3 is 0 Å². The Morgan fingerprint density at radius 2 is 2.04 bits per heavy atom. The molecule has 0 radical (unpaired) electrons. The highest BCUT2D eigenvalue weighted by Crippen LogP contribution is 2.16. The van der Waals surface area contributed by atoms with E-state index >= 15 is 0 Å². The normalized spacial score (nSPS) is 15.4. The first kappa shape index (κ1) is 17.7. The van der Waals surface area contributed by atoms with E-state index in [0.717, 1.165) is 42.4 Å². The van der Waals surface area contributed by atoms with Crippen LogP contribution in [0.5, 0.6) is 0 Å². The van der Waals surface area contributed by atoms with E-state index in [9.17, 15) is 4.39 Å². The Balaban J connectivity index is 1.56. The van der Waals surface area contributed by atoms with Gasteiger partial charge in [0.1, 0.15) is 11.6 Å². The first-order valence-corrected chi connectivity index (χ1v) is 9.02. The number of nitrogens with zero attached hydrogens (tertiary/aromatic N) is 4. The third kappa shape index (κ3) is 4.48. The number of halogens is 2. The Morgan fingerprint density at radius 3 is 2.68 bits per heavy atom. The number of hydrogen-bond donors (Lipinski definition) is 1. The van der Waals surface area contributed by atoms with Crippen molar-refractivity contribution in [3.8, 4) is 0 Å². The molecule has 3 rings (SSSR count). The summed E-state index contributed by atoms with van der Waals surface area (Å²) < 4.78 is 14.7. The number of aliphatic imine (C=N–C) groups is 1. The smallest absolute Gasteiger partial charge is 0.194 e. The standard InChI is InChI=1S/C18H21BrFN5/c1-21-18(23-13-14-5-6-15(19)12-16(14)20)25-10-8-24(9-11-25)17-4-2-3-7-22-17/h2-7,12H,8-11,13H2,1H3,(H,21,23). The first-order chi connectivity index (χ1) is 12.2. The lowest BCUT2D eigenvalue weighted by Gasteiger charge is -2.37. The van der Waals surface area contributed by atoms with Gasteiger partial charge in [0.05, 0.1) is 0 Å². The highest BCUT2D eigenvalue weighted by molar-refractivity contribution is 9.10. The zero-order chi connectivity index (χ0) is 17.6. The van der Waals surface area contributed by atoms with E-state index in [0.29, 0.717) is 12.1 Å². The molecule has 7 heteroatoms. The summed E-state index contributed by atoms with van der Waals surface area (Å²) in [5.41, 5.74) is 0.622. The second-order valence-corrected chi connectivity index (χ2v) is 6.71. The Bertz CT molecular complexity index is 730. The second-order valence-electron chi connectivity index (χ2n) is 5.80. The van der Waals surface area contributed by atoms with Crippen LogP contribution in [0.15, 0.2) is 52.1 Å². The number of nitrogens with one attached hydrogen (secondary N) is 1. The Kier molecular flexibility index (Phi) is 5.86. The number of pyridine rings is 1. The SMILES string of the molecule is CN=C(NCc1ccc(Br)cc1F)N1CCN(c2ccccn2)CC1. The van der Waals surface area contributed by atoms with Gasteiger partial charge in [0.15, 0.2) is 5.96 Å². The summed E-state index contributed by atoms with van der Waals surface area (Å²) >= 11 is 3.28. The molecule has 1 aliphatic heterocycles. The van der Waals surface area contributed by atoms with Gasteiger partial charge in [0, 0.05) is 56.0 Å². The van der Waals surface area contributed by atoms with Crippen LogP contribution in [0.25, 0.3) is 0 Å². The molecule has 132 valence electrons. The van der Waals surface area contributed by atoms with Crippen molar-refractivity contribution in [1.29, 1.82) is 0 Å². The molecular weight excluding hydrogens is 385 g/mol. The fourth-order valence-electron chi connectivity index (χ4n) is 2.86. The zero-order valence-corrected chi connectivity index (χ0v) is 15.7. The maximum atomic E-state index is 13.9. The highest BCUT2D eigenvalue weighted by atomic mass is 79.9. The monoisotopic (exact) mass is 405 g/mol. The molecule has 5 nitrogen and oxygen atoms in total. The average Bonchev–Trinajstić information content (AvgIpc) is 2.65. The Morgan fingerprint density at radius 1 is 1.24 bits per heavy atom. The molecule has 2 aromatic rings. The molecule has 0 unspecified atom stereocenters. The van der Waals surface area contributed by atoms with Crippen molar-refractivity contribution in [2.45, 2.75) is 6.54 Å². The summed E-state index contributed by atoms with van der Waals surface area (Å²) in [7, 11) is 1.76. The van der Waals surface area contributed by atoms with Crippen molar-refractivity contribution < 1.29 is 4.39 Å². The van der Waals surface area contributed by atoms with Crippen molar-refractivity contribution in [2.24, 2.45) is 4.99 Å². The number of guanidine groups is 1. The number of aromatic nitrogens is 1. The maximum Gasteiger partial charge on any atom is 0.194 e. The lowest BCUT2D eigenvalue weighted by Crippen LogP contribution is -2.52.